The molecule has 0 aliphatic carbocycles. The Hall–Kier alpha value is -2.41. The smallest absolute Gasteiger partial charge is 0.172 e. The van der Waals surface area contributed by atoms with Crippen LogP contribution in [0.2, 0.25) is 0 Å². The number of methoxy groups -OCH3 is 1. The Morgan fingerprint density at radius 3 is 3.04 bits per heavy atom. The normalized spacial score (nSPS) is 24.5. The fraction of sp³-hybridized carbons (Fsp3) is 0.444. The highest BCUT2D eigenvalue weighted by Gasteiger charge is 2.47. The molecule has 6 nitrogen and oxygen atoms in total. The quantitative estimate of drug-likeness (QED) is 0.891. The van der Waals surface area contributed by atoms with Crippen LogP contribution >= 0.6 is 0 Å². The largest absolute Gasteiger partial charge is 0.493 e. The van der Waals surface area contributed by atoms with Gasteiger partial charge in [-0.25, -0.2) is 4.39 Å². The molecule has 1 aromatic heterocycles. The second-order valence-corrected chi connectivity index (χ2v) is 6.68. The maximum atomic E-state index is 14.0. The maximum absolute atomic E-state index is 14.0. The molecule has 1 fully saturated rings. The lowest BCUT2D eigenvalue weighted by Gasteiger charge is -2.43. The number of ether oxygens (including phenoxy) is 1. The molecule has 25 heavy (non-hydrogen) atoms. The van der Waals surface area contributed by atoms with Crippen LogP contribution in [-0.2, 0) is 0 Å². The third-order valence-corrected chi connectivity index (χ3v) is 5.34. The molecular weight excluding hydrogens is 323 g/mol. The van der Waals surface area contributed by atoms with Gasteiger partial charge in [0.05, 0.1) is 30.1 Å². The van der Waals surface area contributed by atoms with Crippen molar-refractivity contribution in [3.8, 4) is 17.0 Å². The molecule has 3 heterocycles. The van der Waals surface area contributed by atoms with Crippen molar-refractivity contribution in [2.24, 2.45) is 0 Å². The van der Waals surface area contributed by atoms with Gasteiger partial charge in [0, 0.05) is 18.7 Å². The first-order valence-corrected chi connectivity index (χ1v) is 8.48. The van der Waals surface area contributed by atoms with Crippen LogP contribution in [0, 0.1) is 5.82 Å². The molecule has 1 aromatic carbocycles. The summed E-state index contributed by atoms with van der Waals surface area (Å²) in [7, 11) is 1.44. The van der Waals surface area contributed by atoms with E-state index >= 15 is 0 Å². The number of hydrogen-bond acceptors (Lipinski definition) is 6. The van der Waals surface area contributed by atoms with E-state index in [0.29, 0.717) is 23.6 Å². The van der Waals surface area contributed by atoms with Crippen molar-refractivity contribution in [1.29, 1.82) is 0 Å². The van der Waals surface area contributed by atoms with Gasteiger partial charge in [-0.3, -0.25) is 0 Å². The number of rotatable bonds is 3. The molecule has 2 N–H and O–H groups in total. The highest BCUT2D eigenvalue weighted by atomic mass is 19.1. The zero-order valence-corrected chi connectivity index (χ0v) is 14.3. The van der Waals surface area contributed by atoms with Gasteiger partial charge in [-0.1, -0.05) is 13.0 Å². The van der Waals surface area contributed by atoms with Gasteiger partial charge in [-0.15, -0.1) is 10.2 Å². The SMILES string of the molecule is CC[C@@]12CNc3nnc(-c4cccc(F)c4OC)cc3N1C[C@@H](O)C2. The molecule has 0 unspecified atom stereocenters. The van der Waals surface area contributed by atoms with Crippen LogP contribution in [0.1, 0.15) is 19.8 Å². The first-order valence-electron chi connectivity index (χ1n) is 8.48. The predicted octanol–water partition coefficient (Wildman–Crippen LogP) is 2.44. The van der Waals surface area contributed by atoms with Crippen molar-refractivity contribution in [3.63, 3.8) is 0 Å². The molecule has 0 saturated carbocycles. The fourth-order valence-corrected chi connectivity index (χ4v) is 4.01. The third kappa shape index (κ3) is 2.41. The summed E-state index contributed by atoms with van der Waals surface area (Å²) in [6.45, 7) is 3.42. The summed E-state index contributed by atoms with van der Waals surface area (Å²) in [5.74, 6) is 0.415. The average Bonchev–Trinajstić information content (AvgIpc) is 2.98. The minimum Gasteiger partial charge on any atom is -0.493 e. The Morgan fingerprint density at radius 2 is 2.28 bits per heavy atom. The molecule has 0 spiro atoms. The molecule has 0 amide bonds. The predicted molar refractivity (Wildman–Crippen MR) is 93.5 cm³/mol. The number of aliphatic hydroxyl groups is 1. The summed E-state index contributed by atoms with van der Waals surface area (Å²) in [5.41, 5.74) is 1.87. The van der Waals surface area contributed by atoms with Crippen molar-refractivity contribution in [1.82, 2.24) is 10.2 Å². The first kappa shape index (κ1) is 16.1. The number of hydrogen-bond donors (Lipinski definition) is 2. The summed E-state index contributed by atoms with van der Waals surface area (Å²) in [5, 5.41) is 22.1. The Labute approximate surface area is 145 Å². The van der Waals surface area contributed by atoms with Gasteiger partial charge in [0.15, 0.2) is 17.4 Å². The summed E-state index contributed by atoms with van der Waals surface area (Å²) >= 11 is 0. The molecule has 2 aromatic rings. The molecule has 0 radical (unpaired) electrons. The summed E-state index contributed by atoms with van der Waals surface area (Å²) in [6, 6.07) is 6.64. The van der Waals surface area contributed by atoms with Crippen LogP contribution in [0.4, 0.5) is 15.9 Å². The van der Waals surface area contributed by atoms with Crippen LogP contribution in [0.3, 0.4) is 0 Å². The van der Waals surface area contributed by atoms with E-state index < -0.39 is 5.82 Å². The molecule has 2 atom stereocenters. The van der Waals surface area contributed by atoms with Crippen molar-refractivity contribution in [3.05, 3.63) is 30.1 Å². The summed E-state index contributed by atoms with van der Waals surface area (Å²) < 4.78 is 19.2. The molecule has 2 aliphatic rings. The molecular formula is C18H21FN4O2. The monoisotopic (exact) mass is 344 g/mol. The number of β-amino-alcohol motifs (C(OH)–C–C–N with tert-alkyl or cyclic N) is 1. The molecule has 7 heteroatoms. The second-order valence-electron chi connectivity index (χ2n) is 6.68. The van der Waals surface area contributed by atoms with Gasteiger partial charge in [-0.2, -0.15) is 0 Å². The van der Waals surface area contributed by atoms with Crippen LogP contribution in [0.5, 0.6) is 5.75 Å². The Morgan fingerprint density at radius 1 is 1.44 bits per heavy atom. The maximum Gasteiger partial charge on any atom is 0.172 e. The standard InChI is InChI=1S/C18H21FN4O2/c1-3-18-8-11(24)9-23(18)15-7-14(21-22-17(15)20-10-18)12-5-4-6-13(19)16(12)25-2/h4-7,11,24H,3,8-10H2,1-2H3,(H,20,22)/t11-,18+/m0/s1. The highest BCUT2D eigenvalue weighted by molar-refractivity contribution is 5.77. The topological polar surface area (TPSA) is 70.5 Å². The second kappa shape index (κ2) is 5.84. The van der Waals surface area contributed by atoms with Gasteiger partial charge in [0.2, 0.25) is 0 Å². The minimum absolute atomic E-state index is 0.126. The van der Waals surface area contributed by atoms with Gasteiger partial charge in [0.1, 0.15) is 0 Å². The van der Waals surface area contributed by atoms with Crippen molar-refractivity contribution in [2.45, 2.75) is 31.4 Å². The van der Waals surface area contributed by atoms with Gasteiger partial charge < -0.3 is 20.1 Å². The van der Waals surface area contributed by atoms with E-state index in [-0.39, 0.29) is 17.4 Å². The van der Waals surface area contributed by atoms with Gasteiger partial charge in [-0.05, 0) is 31.0 Å². The van der Waals surface area contributed by atoms with Crippen LogP contribution in [-0.4, -0.2) is 47.1 Å². The van der Waals surface area contributed by atoms with Crippen LogP contribution < -0.4 is 15.0 Å². The van der Waals surface area contributed by atoms with E-state index in [2.05, 4.69) is 27.3 Å². The third-order valence-electron chi connectivity index (χ3n) is 5.34. The number of nitrogens with one attached hydrogen (secondary N) is 1. The lowest BCUT2D eigenvalue weighted by Crippen LogP contribution is -2.52. The Kier molecular flexibility index (Phi) is 3.76. The summed E-state index contributed by atoms with van der Waals surface area (Å²) in [6.07, 6.45) is 1.27. The summed E-state index contributed by atoms with van der Waals surface area (Å²) in [4.78, 5) is 2.22. The van der Waals surface area contributed by atoms with E-state index in [9.17, 15) is 9.50 Å². The number of fused-ring (bicyclic) bond motifs is 3. The zero-order chi connectivity index (χ0) is 17.6. The number of nitrogens with zero attached hydrogens (tertiary/aromatic N) is 3. The van der Waals surface area contributed by atoms with Gasteiger partial charge in [0.25, 0.3) is 0 Å². The molecule has 1 saturated heterocycles. The molecule has 0 bridgehead atoms. The number of anilines is 2. The lowest BCUT2D eigenvalue weighted by atomic mass is 9.90. The zero-order valence-electron chi connectivity index (χ0n) is 14.3. The minimum atomic E-state index is -0.433. The van der Waals surface area contributed by atoms with Crippen molar-refractivity contribution >= 4 is 11.5 Å². The van der Waals surface area contributed by atoms with Crippen LogP contribution in [0.15, 0.2) is 24.3 Å². The Bertz CT molecular complexity index is 816. The molecule has 132 valence electrons. The first-order chi connectivity index (χ1) is 12.1. The van der Waals surface area contributed by atoms with Crippen molar-refractivity contribution < 1.29 is 14.2 Å². The fourth-order valence-electron chi connectivity index (χ4n) is 4.01. The van der Waals surface area contributed by atoms with E-state index in [1.165, 1.54) is 13.2 Å². The number of aliphatic hydroxyl groups excluding tert-OH is 1. The lowest BCUT2D eigenvalue weighted by molar-refractivity contribution is 0.184. The average molecular weight is 344 g/mol. The van der Waals surface area contributed by atoms with E-state index in [1.807, 2.05) is 6.07 Å². The Balaban J connectivity index is 1.82. The van der Waals surface area contributed by atoms with E-state index in [0.717, 1.165) is 25.1 Å². The molecule has 2 aliphatic heterocycles. The van der Waals surface area contributed by atoms with E-state index in [1.54, 1.807) is 12.1 Å². The van der Waals surface area contributed by atoms with E-state index in [4.69, 9.17) is 4.74 Å². The number of para-hydroxylation sites is 1. The number of halogens is 1. The molecule has 4 rings (SSSR count). The van der Waals surface area contributed by atoms with Crippen molar-refractivity contribution in [2.75, 3.05) is 30.4 Å². The highest BCUT2D eigenvalue weighted by Crippen LogP contribution is 2.44. The van der Waals surface area contributed by atoms with Crippen LogP contribution in [0.25, 0.3) is 11.3 Å². The number of benzene rings is 1. The van der Waals surface area contributed by atoms with Gasteiger partial charge >= 0.3 is 0 Å². The number of aromatic nitrogens is 2.